The average molecular weight is 333 g/mol. The van der Waals surface area contributed by atoms with Crippen molar-refractivity contribution in [1.29, 1.82) is 0 Å². The molecule has 1 aliphatic rings. The molecule has 0 spiro atoms. The van der Waals surface area contributed by atoms with Crippen molar-refractivity contribution in [2.75, 3.05) is 14.2 Å². The van der Waals surface area contributed by atoms with Crippen LogP contribution in [0.15, 0.2) is 24.3 Å². The van der Waals surface area contributed by atoms with Gasteiger partial charge in [0.1, 0.15) is 0 Å². The Labute approximate surface area is 139 Å². The number of thiophene rings is 1. The van der Waals surface area contributed by atoms with Gasteiger partial charge in [0, 0.05) is 21.1 Å². The molecule has 3 rings (SSSR count). The number of methoxy groups -OCH3 is 2. The highest BCUT2D eigenvalue weighted by atomic mass is 32.1. The smallest absolute Gasteiger partial charge is 0.225 e. The van der Waals surface area contributed by atoms with Crippen LogP contribution in [0.4, 0.5) is 0 Å². The van der Waals surface area contributed by atoms with Crippen molar-refractivity contribution in [1.82, 2.24) is 0 Å². The standard InChI is InChI=1S/C17H19NO4S/c1-10-4-7-16(23-10)17-12-9-15(22-3)14(21-2)8-11(12)5-6-13(17)18(19)20/h4,7-9,13,17H,5-6H2,1-3H3/t13-,17-/m0/s1. The molecule has 0 amide bonds. The van der Waals surface area contributed by atoms with Gasteiger partial charge in [0.25, 0.3) is 0 Å². The lowest BCUT2D eigenvalue weighted by Gasteiger charge is -2.28. The molecule has 23 heavy (non-hydrogen) atoms. The van der Waals surface area contributed by atoms with Crippen molar-refractivity contribution < 1.29 is 14.4 Å². The number of hydrogen-bond acceptors (Lipinski definition) is 5. The van der Waals surface area contributed by atoms with Crippen molar-refractivity contribution in [3.05, 3.63) is 55.3 Å². The Morgan fingerprint density at radius 1 is 1.22 bits per heavy atom. The highest BCUT2D eigenvalue weighted by molar-refractivity contribution is 7.12. The number of nitro groups is 1. The molecule has 2 atom stereocenters. The zero-order valence-electron chi connectivity index (χ0n) is 13.4. The Bertz CT molecular complexity index is 740. The Kier molecular flexibility index (Phi) is 4.26. The zero-order chi connectivity index (χ0) is 16.6. The van der Waals surface area contributed by atoms with E-state index in [2.05, 4.69) is 0 Å². The van der Waals surface area contributed by atoms with E-state index >= 15 is 0 Å². The monoisotopic (exact) mass is 333 g/mol. The predicted octanol–water partition coefficient (Wildman–Crippen LogP) is 3.80. The van der Waals surface area contributed by atoms with Gasteiger partial charge in [-0.05, 0) is 48.7 Å². The summed E-state index contributed by atoms with van der Waals surface area (Å²) >= 11 is 1.63. The lowest BCUT2D eigenvalue weighted by atomic mass is 9.78. The third-order valence-electron chi connectivity index (χ3n) is 4.41. The first kappa shape index (κ1) is 15.8. The normalized spacial score (nSPS) is 20.0. The van der Waals surface area contributed by atoms with Crippen molar-refractivity contribution in [2.45, 2.75) is 31.7 Å². The first-order valence-electron chi connectivity index (χ1n) is 7.49. The van der Waals surface area contributed by atoms with Gasteiger partial charge in [0.2, 0.25) is 6.04 Å². The molecule has 1 aromatic heterocycles. The maximum atomic E-state index is 11.6. The summed E-state index contributed by atoms with van der Waals surface area (Å²) in [6.45, 7) is 2.02. The first-order valence-corrected chi connectivity index (χ1v) is 8.31. The van der Waals surface area contributed by atoms with E-state index in [1.165, 1.54) is 0 Å². The number of rotatable bonds is 4. The minimum atomic E-state index is -0.598. The molecule has 0 N–H and O–H groups in total. The number of ether oxygens (including phenoxy) is 2. The van der Waals surface area contributed by atoms with Gasteiger partial charge in [-0.15, -0.1) is 11.3 Å². The lowest BCUT2D eigenvalue weighted by molar-refractivity contribution is -0.526. The Balaban J connectivity index is 2.16. The molecule has 5 nitrogen and oxygen atoms in total. The summed E-state index contributed by atoms with van der Waals surface area (Å²) in [6.07, 6.45) is 1.22. The van der Waals surface area contributed by atoms with E-state index in [0.717, 1.165) is 20.9 Å². The molecule has 6 heteroatoms. The van der Waals surface area contributed by atoms with E-state index in [9.17, 15) is 10.1 Å². The maximum absolute atomic E-state index is 11.6. The fourth-order valence-corrected chi connectivity index (χ4v) is 4.37. The molecule has 0 unspecified atom stereocenters. The quantitative estimate of drug-likeness (QED) is 0.631. The Morgan fingerprint density at radius 3 is 2.48 bits per heavy atom. The largest absolute Gasteiger partial charge is 0.493 e. The molecule has 0 saturated carbocycles. The van der Waals surface area contributed by atoms with Gasteiger partial charge in [0.05, 0.1) is 20.1 Å². The average Bonchev–Trinajstić information content (AvgIpc) is 2.98. The minimum Gasteiger partial charge on any atom is -0.493 e. The van der Waals surface area contributed by atoms with Gasteiger partial charge in [-0.2, -0.15) is 0 Å². The molecule has 0 bridgehead atoms. The second-order valence-corrected chi connectivity index (χ2v) is 7.04. The molecular weight excluding hydrogens is 314 g/mol. The molecule has 122 valence electrons. The molecule has 1 aromatic carbocycles. The van der Waals surface area contributed by atoms with E-state index in [1.807, 2.05) is 31.2 Å². The summed E-state index contributed by atoms with van der Waals surface area (Å²) in [4.78, 5) is 13.6. The summed E-state index contributed by atoms with van der Waals surface area (Å²) < 4.78 is 10.8. The van der Waals surface area contributed by atoms with Crippen LogP contribution in [0.25, 0.3) is 0 Å². The third kappa shape index (κ3) is 2.79. The van der Waals surface area contributed by atoms with Gasteiger partial charge in [0.15, 0.2) is 11.5 Å². The van der Waals surface area contributed by atoms with Crippen molar-refractivity contribution in [3.8, 4) is 11.5 Å². The predicted molar refractivity (Wildman–Crippen MR) is 89.5 cm³/mol. The molecule has 1 aliphatic carbocycles. The Morgan fingerprint density at radius 2 is 1.91 bits per heavy atom. The summed E-state index contributed by atoms with van der Waals surface area (Å²) in [5, 5.41) is 11.6. The molecule has 0 fully saturated rings. The second-order valence-electron chi connectivity index (χ2n) is 5.72. The van der Waals surface area contributed by atoms with Crippen LogP contribution in [0.1, 0.15) is 33.2 Å². The fraction of sp³-hybridized carbons (Fsp3) is 0.412. The van der Waals surface area contributed by atoms with Gasteiger partial charge >= 0.3 is 0 Å². The summed E-state index contributed by atoms with van der Waals surface area (Å²) in [5.41, 5.74) is 2.09. The van der Waals surface area contributed by atoms with E-state index < -0.39 is 6.04 Å². The van der Waals surface area contributed by atoms with E-state index in [-0.39, 0.29) is 10.8 Å². The first-order chi connectivity index (χ1) is 11.0. The van der Waals surface area contributed by atoms with Crippen molar-refractivity contribution in [3.63, 3.8) is 0 Å². The third-order valence-corrected chi connectivity index (χ3v) is 5.50. The van der Waals surface area contributed by atoms with Crippen molar-refractivity contribution in [2.24, 2.45) is 0 Å². The number of nitrogens with zero attached hydrogens (tertiary/aromatic N) is 1. The number of fused-ring (bicyclic) bond motifs is 1. The van der Waals surface area contributed by atoms with Crippen LogP contribution < -0.4 is 9.47 Å². The van der Waals surface area contributed by atoms with Crippen LogP contribution in [0.3, 0.4) is 0 Å². The van der Waals surface area contributed by atoms with E-state index in [1.54, 1.807) is 25.6 Å². The Hall–Kier alpha value is -2.08. The van der Waals surface area contributed by atoms with Crippen LogP contribution in [0.5, 0.6) is 11.5 Å². The molecule has 0 radical (unpaired) electrons. The van der Waals surface area contributed by atoms with Crippen LogP contribution in [-0.2, 0) is 6.42 Å². The molecule has 1 heterocycles. The minimum absolute atomic E-state index is 0.140. The van der Waals surface area contributed by atoms with Crippen LogP contribution >= 0.6 is 11.3 Å². The number of benzene rings is 1. The lowest BCUT2D eigenvalue weighted by Crippen LogP contribution is -2.32. The van der Waals surface area contributed by atoms with E-state index in [0.29, 0.717) is 24.3 Å². The molecule has 0 aliphatic heterocycles. The topological polar surface area (TPSA) is 61.6 Å². The highest BCUT2D eigenvalue weighted by Crippen LogP contribution is 2.44. The summed E-state index contributed by atoms with van der Waals surface area (Å²) in [7, 11) is 3.19. The molecular formula is C17H19NO4S. The van der Waals surface area contributed by atoms with Crippen LogP contribution in [0, 0.1) is 17.0 Å². The summed E-state index contributed by atoms with van der Waals surface area (Å²) in [5.74, 6) is 1.06. The van der Waals surface area contributed by atoms with Crippen molar-refractivity contribution >= 4 is 11.3 Å². The highest BCUT2D eigenvalue weighted by Gasteiger charge is 2.40. The molecule has 0 saturated heterocycles. The fourth-order valence-electron chi connectivity index (χ4n) is 3.31. The van der Waals surface area contributed by atoms with Crippen LogP contribution in [-0.4, -0.2) is 25.2 Å². The SMILES string of the molecule is COc1cc2c(cc1OC)[C@H](c1ccc(C)s1)[C@@H]([N+](=O)[O-])CC2. The van der Waals surface area contributed by atoms with Gasteiger partial charge in [-0.25, -0.2) is 0 Å². The van der Waals surface area contributed by atoms with Gasteiger partial charge in [-0.3, -0.25) is 10.1 Å². The van der Waals surface area contributed by atoms with Crippen LogP contribution in [0.2, 0.25) is 0 Å². The van der Waals surface area contributed by atoms with Gasteiger partial charge < -0.3 is 9.47 Å². The maximum Gasteiger partial charge on any atom is 0.225 e. The number of hydrogen-bond donors (Lipinski definition) is 0. The van der Waals surface area contributed by atoms with E-state index in [4.69, 9.17) is 9.47 Å². The second kappa shape index (κ2) is 6.20. The zero-order valence-corrected chi connectivity index (χ0v) is 14.2. The summed E-state index contributed by atoms with van der Waals surface area (Å²) in [6, 6.07) is 7.29. The molecule has 2 aromatic rings. The number of aryl methyl sites for hydroxylation is 2. The van der Waals surface area contributed by atoms with Gasteiger partial charge in [-0.1, -0.05) is 0 Å².